The number of rotatable bonds is 4. The van der Waals surface area contributed by atoms with E-state index in [2.05, 4.69) is 0 Å². The Morgan fingerprint density at radius 2 is 2.27 bits per heavy atom. The van der Waals surface area contributed by atoms with Crippen LogP contribution in [0.2, 0.25) is 0 Å². The summed E-state index contributed by atoms with van der Waals surface area (Å²) in [5.41, 5.74) is 0.755. The van der Waals surface area contributed by atoms with Gasteiger partial charge in [-0.15, -0.1) is 4.52 Å². The minimum absolute atomic E-state index is 0.251. The van der Waals surface area contributed by atoms with Crippen LogP contribution >= 0.6 is 8.03 Å². The van der Waals surface area contributed by atoms with Crippen molar-refractivity contribution in [3.05, 3.63) is 35.1 Å². The van der Waals surface area contributed by atoms with E-state index in [0.717, 1.165) is 0 Å². The summed E-state index contributed by atoms with van der Waals surface area (Å²) in [5.74, 6) is -1.69. The maximum Gasteiger partial charge on any atom is 0.545 e. The number of aliphatic hydroxyl groups excluding tert-OH is 1. The molecule has 2 unspecified atom stereocenters. The number of hydrogen-bond acceptors (Lipinski definition) is 3. The summed E-state index contributed by atoms with van der Waals surface area (Å²) in [7, 11) is -2.20. The Morgan fingerprint density at radius 3 is 2.80 bits per heavy atom. The molecule has 1 rings (SSSR count). The molecule has 0 saturated heterocycles. The minimum atomic E-state index is -2.20. The molecule has 0 fully saturated rings. The molecule has 1 aromatic rings. The first-order valence-corrected chi connectivity index (χ1v) is 5.84. The third kappa shape index (κ3) is 3.06. The quantitative estimate of drug-likeness (QED) is 0.810. The highest BCUT2D eigenvalue weighted by molar-refractivity contribution is 7.39. The molecule has 5 heteroatoms. The number of halogens is 1. The van der Waals surface area contributed by atoms with Crippen molar-refractivity contribution in [2.24, 2.45) is 0 Å². The van der Waals surface area contributed by atoms with Crippen molar-refractivity contribution in [1.82, 2.24) is 0 Å². The molecule has 0 amide bonds. The molecule has 0 aromatic heterocycles. The smallest absolute Gasteiger partial charge is 0.345 e. The third-order valence-corrected chi connectivity index (χ3v) is 3.16. The van der Waals surface area contributed by atoms with Gasteiger partial charge in [0.05, 0.1) is 6.61 Å². The topological polar surface area (TPSA) is 46.5 Å². The Balaban J connectivity index is 2.86. The molecule has 0 saturated carbocycles. The Kier molecular flexibility index (Phi) is 4.33. The summed E-state index contributed by atoms with van der Waals surface area (Å²) in [6.07, 6.45) is 0. The summed E-state index contributed by atoms with van der Waals surface area (Å²) >= 11 is 0. The van der Waals surface area contributed by atoms with Crippen LogP contribution in [0.4, 0.5) is 4.39 Å². The fourth-order valence-electron chi connectivity index (χ4n) is 1.09. The molecule has 1 N–H and O–H groups in total. The lowest BCUT2D eigenvalue weighted by atomic mass is 10.1. The van der Waals surface area contributed by atoms with Gasteiger partial charge in [-0.1, -0.05) is 12.1 Å². The van der Waals surface area contributed by atoms with E-state index < -0.39 is 19.7 Å². The highest BCUT2D eigenvalue weighted by atomic mass is 31.1. The number of aliphatic hydroxyl groups is 1. The summed E-state index contributed by atoms with van der Waals surface area (Å²) in [6, 6.07) is 4.24. The molecule has 82 valence electrons. The number of aryl methyl sites for hydroxylation is 1. The Hall–Kier alpha value is -0.830. The lowest BCUT2D eigenvalue weighted by Crippen LogP contribution is -1.96. The zero-order chi connectivity index (χ0) is 11.4. The summed E-state index contributed by atoms with van der Waals surface area (Å²) in [4.78, 5) is 0. The van der Waals surface area contributed by atoms with Gasteiger partial charge >= 0.3 is 13.9 Å². The van der Waals surface area contributed by atoms with Crippen LogP contribution in [0.1, 0.15) is 23.9 Å². The van der Waals surface area contributed by atoms with Gasteiger partial charge in [-0.25, -0.2) is 4.39 Å². The molecule has 0 bridgehead atoms. The lowest BCUT2D eigenvalue weighted by Gasteiger charge is -2.01. The van der Waals surface area contributed by atoms with Crippen LogP contribution in [0, 0.1) is 12.7 Å². The average Bonchev–Trinajstić information content (AvgIpc) is 2.21. The van der Waals surface area contributed by atoms with Crippen LogP contribution in [0.25, 0.3) is 0 Å². The van der Waals surface area contributed by atoms with Crippen molar-refractivity contribution in [3.8, 4) is 0 Å². The first-order valence-electron chi connectivity index (χ1n) is 4.59. The Bertz CT molecular complexity index is 368. The fraction of sp³-hybridized carbons (Fsp3) is 0.400. The maximum atomic E-state index is 13.1. The molecule has 0 aliphatic carbocycles. The van der Waals surface area contributed by atoms with Crippen molar-refractivity contribution < 1.29 is 18.6 Å². The number of benzene rings is 1. The van der Waals surface area contributed by atoms with Gasteiger partial charge in [0.1, 0.15) is 5.82 Å². The van der Waals surface area contributed by atoms with Gasteiger partial charge in [0, 0.05) is 5.56 Å². The van der Waals surface area contributed by atoms with E-state index >= 15 is 0 Å². The predicted molar refractivity (Wildman–Crippen MR) is 55.3 cm³/mol. The second-order valence-electron chi connectivity index (χ2n) is 3.09. The third-order valence-electron chi connectivity index (χ3n) is 1.95. The van der Waals surface area contributed by atoms with Crippen LogP contribution in [0.3, 0.4) is 0 Å². The zero-order valence-corrected chi connectivity index (χ0v) is 9.50. The molecule has 0 aliphatic rings. The van der Waals surface area contributed by atoms with Gasteiger partial charge in [-0.3, -0.25) is 0 Å². The molecule has 2 atom stereocenters. The Labute approximate surface area is 88.8 Å². The average molecular weight is 231 g/mol. The van der Waals surface area contributed by atoms with E-state index in [9.17, 15) is 14.1 Å². The van der Waals surface area contributed by atoms with Crippen molar-refractivity contribution in [3.63, 3.8) is 0 Å². The highest BCUT2D eigenvalue weighted by Gasteiger charge is 2.32. The van der Waals surface area contributed by atoms with Crippen molar-refractivity contribution in [1.29, 1.82) is 0 Å². The molecule has 0 aliphatic heterocycles. The van der Waals surface area contributed by atoms with Gasteiger partial charge in [0.25, 0.3) is 0 Å². The van der Waals surface area contributed by atoms with Crippen molar-refractivity contribution >= 4 is 8.03 Å². The SMILES string of the molecule is CCO[P+](=O)C(O)c1ccc(C)c(F)c1. The molecule has 15 heavy (non-hydrogen) atoms. The van der Waals surface area contributed by atoms with E-state index in [1.165, 1.54) is 18.2 Å². The molecule has 0 spiro atoms. The number of hydrogen-bond donors (Lipinski definition) is 1. The van der Waals surface area contributed by atoms with Gasteiger partial charge in [-0.2, -0.15) is 0 Å². The van der Waals surface area contributed by atoms with Crippen LogP contribution < -0.4 is 0 Å². The second kappa shape index (κ2) is 5.31. The molecule has 0 heterocycles. The van der Waals surface area contributed by atoms with Crippen LogP contribution in [-0.2, 0) is 9.09 Å². The minimum Gasteiger partial charge on any atom is -0.345 e. The molecular formula is C10H13FO3P+. The first-order chi connectivity index (χ1) is 7.06. The van der Waals surface area contributed by atoms with Crippen molar-refractivity contribution in [2.45, 2.75) is 19.7 Å². The largest absolute Gasteiger partial charge is 0.545 e. The van der Waals surface area contributed by atoms with E-state index in [0.29, 0.717) is 5.56 Å². The van der Waals surface area contributed by atoms with Gasteiger partial charge in [0.15, 0.2) is 0 Å². The molecule has 0 radical (unpaired) electrons. The zero-order valence-electron chi connectivity index (χ0n) is 8.61. The molecule has 1 aromatic carbocycles. The van der Waals surface area contributed by atoms with Crippen LogP contribution in [0.15, 0.2) is 18.2 Å². The van der Waals surface area contributed by atoms with Crippen molar-refractivity contribution in [2.75, 3.05) is 6.61 Å². The van der Waals surface area contributed by atoms with Crippen LogP contribution in [-0.4, -0.2) is 11.7 Å². The first kappa shape index (κ1) is 12.2. The summed E-state index contributed by atoms with van der Waals surface area (Å²) in [5, 5.41) is 9.56. The van der Waals surface area contributed by atoms with E-state index in [1.807, 2.05) is 0 Å². The molecular weight excluding hydrogens is 218 g/mol. The Morgan fingerprint density at radius 1 is 1.60 bits per heavy atom. The van der Waals surface area contributed by atoms with Gasteiger partial charge < -0.3 is 5.11 Å². The predicted octanol–water partition coefficient (Wildman–Crippen LogP) is 2.90. The summed E-state index contributed by atoms with van der Waals surface area (Å²) in [6.45, 7) is 3.55. The van der Waals surface area contributed by atoms with Crippen LogP contribution in [0.5, 0.6) is 0 Å². The van der Waals surface area contributed by atoms with E-state index in [4.69, 9.17) is 4.52 Å². The summed E-state index contributed by atoms with van der Waals surface area (Å²) < 4.78 is 29.2. The maximum absolute atomic E-state index is 13.1. The normalized spacial score (nSPS) is 13.7. The van der Waals surface area contributed by atoms with E-state index in [-0.39, 0.29) is 12.2 Å². The second-order valence-corrected chi connectivity index (χ2v) is 4.40. The molecule has 3 nitrogen and oxygen atoms in total. The monoisotopic (exact) mass is 231 g/mol. The van der Waals surface area contributed by atoms with E-state index in [1.54, 1.807) is 13.8 Å². The standard InChI is InChI=1S/C10H13FO3P/c1-3-14-15(13)10(12)8-5-4-7(2)9(11)6-8/h4-6,10,12H,3H2,1-2H3/q+1. The van der Waals surface area contributed by atoms with Gasteiger partial charge in [0.2, 0.25) is 0 Å². The van der Waals surface area contributed by atoms with Gasteiger partial charge in [-0.05, 0) is 30.0 Å². The highest BCUT2D eigenvalue weighted by Crippen LogP contribution is 2.39. The fourth-order valence-corrected chi connectivity index (χ4v) is 1.89. The lowest BCUT2D eigenvalue weighted by molar-refractivity contribution is 0.224.